The Kier molecular flexibility index (Phi) is 3.97. The van der Waals surface area contributed by atoms with Gasteiger partial charge in [-0.3, -0.25) is 4.90 Å². The van der Waals surface area contributed by atoms with Crippen molar-refractivity contribution in [3.63, 3.8) is 0 Å². The number of likely N-dealkylation sites (tertiary alicyclic amines) is 1. The van der Waals surface area contributed by atoms with Gasteiger partial charge in [0.1, 0.15) is 0 Å². The van der Waals surface area contributed by atoms with E-state index in [4.69, 9.17) is 6.42 Å². The lowest BCUT2D eigenvalue weighted by Gasteiger charge is -2.39. The Hall–Kier alpha value is -0.520. The molecule has 0 spiro atoms. The molecule has 0 aromatic heterocycles. The van der Waals surface area contributed by atoms with Gasteiger partial charge in [0.25, 0.3) is 0 Å². The minimum Gasteiger partial charge on any atom is -0.391 e. The minimum atomic E-state index is -0.309. The molecule has 1 aliphatic rings. The van der Waals surface area contributed by atoms with Crippen LogP contribution in [0.4, 0.5) is 0 Å². The lowest BCUT2D eigenvalue weighted by atomic mass is 9.92. The predicted molar refractivity (Wildman–Crippen MR) is 59.0 cm³/mol. The lowest BCUT2D eigenvalue weighted by Crippen LogP contribution is -2.51. The molecule has 1 fully saturated rings. The summed E-state index contributed by atoms with van der Waals surface area (Å²) in [5, 5.41) is 10.0. The van der Waals surface area contributed by atoms with Gasteiger partial charge in [-0.1, -0.05) is 0 Å². The van der Waals surface area contributed by atoms with Crippen LogP contribution in [0.2, 0.25) is 0 Å². The van der Waals surface area contributed by atoms with Crippen molar-refractivity contribution < 1.29 is 5.11 Å². The molecule has 80 valence electrons. The van der Waals surface area contributed by atoms with Crippen LogP contribution in [0.15, 0.2) is 0 Å². The number of nitrogens with zero attached hydrogens (tertiary/aromatic N) is 1. The van der Waals surface area contributed by atoms with Crippen molar-refractivity contribution in [3.8, 4) is 12.3 Å². The summed E-state index contributed by atoms with van der Waals surface area (Å²) in [6, 6.07) is 0. The SMILES string of the molecule is C#CCCC(O)C(C)(C)N1CCCC1. The van der Waals surface area contributed by atoms with E-state index in [1.54, 1.807) is 0 Å². The highest BCUT2D eigenvalue weighted by Gasteiger charge is 2.35. The van der Waals surface area contributed by atoms with Gasteiger partial charge in [-0.2, -0.15) is 0 Å². The van der Waals surface area contributed by atoms with Crippen LogP contribution >= 0.6 is 0 Å². The Balaban J connectivity index is 2.49. The number of aliphatic hydroxyl groups is 1. The van der Waals surface area contributed by atoms with E-state index in [0.29, 0.717) is 12.8 Å². The molecule has 0 saturated carbocycles. The highest BCUT2D eigenvalue weighted by atomic mass is 16.3. The van der Waals surface area contributed by atoms with E-state index in [0.717, 1.165) is 13.1 Å². The van der Waals surface area contributed by atoms with E-state index in [1.807, 2.05) is 0 Å². The summed E-state index contributed by atoms with van der Waals surface area (Å²) in [5.74, 6) is 2.58. The third kappa shape index (κ3) is 2.50. The molecule has 0 amide bonds. The first-order chi connectivity index (χ1) is 6.59. The number of hydrogen-bond acceptors (Lipinski definition) is 2. The fourth-order valence-corrected chi connectivity index (χ4v) is 2.08. The van der Waals surface area contributed by atoms with Gasteiger partial charge in [0, 0.05) is 12.0 Å². The Labute approximate surface area is 87.3 Å². The summed E-state index contributed by atoms with van der Waals surface area (Å²) >= 11 is 0. The molecular weight excluding hydrogens is 174 g/mol. The average molecular weight is 195 g/mol. The van der Waals surface area contributed by atoms with Crippen molar-refractivity contribution >= 4 is 0 Å². The monoisotopic (exact) mass is 195 g/mol. The highest BCUT2D eigenvalue weighted by molar-refractivity contribution is 4.94. The Morgan fingerprint density at radius 3 is 2.50 bits per heavy atom. The van der Waals surface area contributed by atoms with E-state index in [1.165, 1.54) is 12.8 Å². The first-order valence-corrected chi connectivity index (χ1v) is 5.45. The molecular formula is C12H21NO. The molecule has 2 nitrogen and oxygen atoms in total. The van der Waals surface area contributed by atoms with Gasteiger partial charge >= 0.3 is 0 Å². The molecule has 0 aromatic rings. The zero-order valence-corrected chi connectivity index (χ0v) is 9.29. The molecule has 0 bridgehead atoms. The average Bonchev–Trinajstić information content (AvgIpc) is 2.67. The van der Waals surface area contributed by atoms with E-state index in [9.17, 15) is 5.11 Å². The normalized spacial score (nSPS) is 20.7. The highest BCUT2D eigenvalue weighted by Crippen LogP contribution is 2.26. The largest absolute Gasteiger partial charge is 0.391 e. The van der Waals surface area contributed by atoms with Crippen molar-refractivity contribution in [2.75, 3.05) is 13.1 Å². The van der Waals surface area contributed by atoms with Gasteiger partial charge < -0.3 is 5.11 Å². The number of aliphatic hydroxyl groups excluding tert-OH is 1. The van der Waals surface area contributed by atoms with Gasteiger partial charge in [-0.05, 0) is 46.2 Å². The number of hydrogen-bond donors (Lipinski definition) is 1. The van der Waals surface area contributed by atoms with Crippen molar-refractivity contribution in [2.24, 2.45) is 0 Å². The molecule has 1 N–H and O–H groups in total. The first kappa shape index (κ1) is 11.6. The van der Waals surface area contributed by atoms with Crippen molar-refractivity contribution in [1.82, 2.24) is 4.90 Å². The topological polar surface area (TPSA) is 23.5 Å². The fourth-order valence-electron chi connectivity index (χ4n) is 2.08. The van der Waals surface area contributed by atoms with Crippen LogP contribution in [0.1, 0.15) is 39.5 Å². The summed E-state index contributed by atoms with van der Waals surface area (Å²) in [7, 11) is 0. The summed E-state index contributed by atoms with van der Waals surface area (Å²) in [4.78, 5) is 2.37. The zero-order chi connectivity index (χ0) is 10.6. The van der Waals surface area contributed by atoms with Crippen LogP contribution in [0.3, 0.4) is 0 Å². The first-order valence-electron chi connectivity index (χ1n) is 5.45. The summed E-state index contributed by atoms with van der Waals surface area (Å²) < 4.78 is 0. The Morgan fingerprint density at radius 2 is 2.00 bits per heavy atom. The van der Waals surface area contributed by atoms with Crippen LogP contribution in [-0.4, -0.2) is 34.7 Å². The lowest BCUT2D eigenvalue weighted by molar-refractivity contribution is -0.000954. The molecule has 1 unspecified atom stereocenters. The summed E-state index contributed by atoms with van der Waals surface area (Å²) in [5.41, 5.74) is -0.118. The van der Waals surface area contributed by atoms with E-state index in [2.05, 4.69) is 24.7 Å². The second-order valence-electron chi connectivity index (χ2n) is 4.61. The Bertz CT molecular complexity index is 211. The molecule has 1 heterocycles. The molecule has 1 rings (SSSR count). The molecule has 1 atom stereocenters. The second kappa shape index (κ2) is 4.82. The smallest absolute Gasteiger partial charge is 0.0727 e. The van der Waals surface area contributed by atoms with Crippen molar-refractivity contribution in [2.45, 2.75) is 51.2 Å². The molecule has 1 saturated heterocycles. The van der Waals surface area contributed by atoms with E-state index >= 15 is 0 Å². The maximum atomic E-state index is 10.0. The summed E-state index contributed by atoms with van der Waals surface area (Å²) in [6.07, 6.45) is 8.77. The van der Waals surface area contributed by atoms with Gasteiger partial charge in [0.15, 0.2) is 0 Å². The summed E-state index contributed by atoms with van der Waals surface area (Å²) in [6.45, 7) is 6.44. The van der Waals surface area contributed by atoms with Crippen LogP contribution in [-0.2, 0) is 0 Å². The van der Waals surface area contributed by atoms with Gasteiger partial charge in [-0.15, -0.1) is 12.3 Å². The number of terminal acetylenes is 1. The number of rotatable bonds is 4. The Morgan fingerprint density at radius 1 is 1.43 bits per heavy atom. The van der Waals surface area contributed by atoms with Crippen LogP contribution in [0.25, 0.3) is 0 Å². The van der Waals surface area contributed by atoms with Gasteiger partial charge in [-0.25, -0.2) is 0 Å². The van der Waals surface area contributed by atoms with E-state index < -0.39 is 0 Å². The zero-order valence-electron chi connectivity index (χ0n) is 9.29. The molecule has 2 heteroatoms. The third-order valence-corrected chi connectivity index (χ3v) is 3.30. The minimum absolute atomic E-state index is 0.118. The standard InChI is InChI=1S/C12H21NO/c1-4-5-8-11(14)12(2,3)13-9-6-7-10-13/h1,11,14H,5-10H2,2-3H3. The van der Waals surface area contributed by atoms with E-state index in [-0.39, 0.29) is 11.6 Å². The molecule has 1 aliphatic heterocycles. The molecule has 0 aliphatic carbocycles. The van der Waals surface area contributed by atoms with Crippen molar-refractivity contribution in [3.05, 3.63) is 0 Å². The van der Waals surface area contributed by atoms with Crippen LogP contribution in [0.5, 0.6) is 0 Å². The third-order valence-electron chi connectivity index (χ3n) is 3.30. The van der Waals surface area contributed by atoms with Crippen molar-refractivity contribution in [1.29, 1.82) is 0 Å². The van der Waals surface area contributed by atoms with Crippen LogP contribution < -0.4 is 0 Å². The maximum Gasteiger partial charge on any atom is 0.0727 e. The maximum absolute atomic E-state index is 10.0. The molecule has 0 radical (unpaired) electrons. The molecule has 14 heavy (non-hydrogen) atoms. The van der Waals surface area contributed by atoms with Gasteiger partial charge in [0.2, 0.25) is 0 Å². The molecule has 0 aromatic carbocycles. The van der Waals surface area contributed by atoms with Crippen LogP contribution in [0, 0.1) is 12.3 Å². The predicted octanol–water partition coefficient (Wildman–Crippen LogP) is 1.64. The van der Waals surface area contributed by atoms with Gasteiger partial charge in [0.05, 0.1) is 6.10 Å². The quantitative estimate of drug-likeness (QED) is 0.689. The second-order valence-corrected chi connectivity index (χ2v) is 4.61. The fraction of sp³-hybridized carbons (Fsp3) is 0.833.